The van der Waals surface area contributed by atoms with E-state index in [1.165, 1.54) is 5.56 Å². The van der Waals surface area contributed by atoms with Crippen molar-refractivity contribution in [2.45, 2.75) is 25.7 Å². The Bertz CT molecular complexity index is 300. The minimum absolute atomic E-state index is 0.0757. The number of benzene rings is 1. The lowest BCUT2D eigenvalue weighted by Gasteiger charge is -2.24. The molecule has 1 heteroatoms. The van der Waals surface area contributed by atoms with Crippen molar-refractivity contribution in [2.75, 3.05) is 7.11 Å². The highest BCUT2D eigenvalue weighted by molar-refractivity contribution is 5.34. The first-order valence-corrected chi connectivity index (χ1v) is 4.94. The Balaban J connectivity index is 3.01. The molecule has 1 rings (SSSR count). The van der Waals surface area contributed by atoms with Gasteiger partial charge in [0.25, 0.3) is 0 Å². The largest absolute Gasteiger partial charge is 0.497 e. The van der Waals surface area contributed by atoms with E-state index in [0.717, 1.165) is 12.2 Å². The van der Waals surface area contributed by atoms with Crippen LogP contribution in [-0.4, -0.2) is 7.11 Å². The fourth-order valence-corrected chi connectivity index (χ4v) is 1.44. The molecule has 0 unspecified atom stereocenters. The van der Waals surface area contributed by atoms with Gasteiger partial charge >= 0.3 is 0 Å². The summed E-state index contributed by atoms with van der Waals surface area (Å²) in [5, 5.41) is 0. The van der Waals surface area contributed by atoms with Crippen LogP contribution in [0.4, 0.5) is 0 Å². The second-order valence-corrected chi connectivity index (χ2v) is 3.70. The lowest BCUT2D eigenvalue weighted by molar-refractivity contribution is 0.414. The van der Waals surface area contributed by atoms with Crippen LogP contribution in [-0.2, 0) is 5.41 Å². The first kappa shape index (κ1) is 10.8. The third-order valence-corrected chi connectivity index (χ3v) is 2.93. The Hall–Kier alpha value is -1.24. The van der Waals surface area contributed by atoms with Gasteiger partial charge in [0.05, 0.1) is 7.11 Å². The number of methoxy groups -OCH3 is 1. The van der Waals surface area contributed by atoms with E-state index in [2.05, 4.69) is 32.6 Å². The van der Waals surface area contributed by atoms with Crippen LogP contribution in [0.25, 0.3) is 0 Å². The highest BCUT2D eigenvalue weighted by atomic mass is 16.5. The molecule has 1 aromatic rings. The monoisotopic (exact) mass is 190 g/mol. The summed E-state index contributed by atoms with van der Waals surface area (Å²) in [6, 6.07) is 8.19. The average molecular weight is 190 g/mol. The first-order chi connectivity index (χ1) is 6.66. The lowest BCUT2D eigenvalue weighted by Crippen LogP contribution is -2.16. The van der Waals surface area contributed by atoms with E-state index >= 15 is 0 Å². The van der Waals surface area contributed by atoms with Gasteiger partial charge in [-0.3, -0.25) is 0 Å². The van der Waals surface area contributed by atoms with Crippen LogP contribution in [0, 0.1) is 0 Å². The van der Waals surface area contributed by atoms with Gasteiger partial charge in [0, 0.05) is 5.41 Å². The average Bonchev–Trinajstić information content (AvgIpc) is 2.28. The Labute approximate surface area is 86.4 Å². The van der Waals surface area contributed by atoms with Gasteiger partial charge in [-0.25, -0.2) is 0 Å². The van der Waals surface area contributed by atoms with Crippen LogP contribution in [0.3, 0.4) is 0 Å². The predicted molar refractivity (Wildman–Crippen MR) is 60.8 cm³/mol. The van der Waals surface area contributed by atoms with E-state index in [9.17, 15) is 0 Å². The molecule has 0 saturated heterocycles. The second kappa shape index (κ2) is 4.32. The van der Waals surface area contributed by atoms with Crippen molar-refractivity contribution in [3.8, 4) is 5.75 Å². The smallest absolute Gasteiger partial charge is 0.118 e. The van der Waals surface area contributed by atoms with Gasteiger partial charge in [-0.15, -0.1) is 6.58 Å². The molecule has 14 heavy (non-hydrogen) atoms. The lowest BCUT2D eigenvalue weighted by atomic mass is 9.80. The summed E-state index contributed by atoms with van der Waals surface area (Å²) in [5.41, 5.74) is 1.36. The number of allylic oxidation sites excluding steroid dienone is 1. The topological polar surface area (TPSA) is 9.23 Å². The van der Waals surface area contributed by atoms with Gasteiger partial charge in [-0.1, -0.05) is 32.1 Å². The van der Waals surface area contributed by atoms with Crippen LogP contribution >= 0.6 is 0 Å². The highest BCUT2D eigenvalue weighted by Gasteiger charge is 2.19. The summed E-state index contributed by atoms with van der Waals surface area (Å²) in [5.74, 6) is 0.899. The third kappa shape index (κ3) is 1.98. The van der Waals surface area contributed by atoms with E-state index < -0.39 is 0 Å². The Morgan fingerprint density at radius 3 is 2.29 bits per heavy atom. The molecular formula is C13H18O. The zero-order chi connectivity index (χ0) is 10.6. The van der Waals surface area contributed by atoms with E-state index in [1.54, 1.807) is 7.11 Å². The van der Waals surface area contributed by atoms with Gasteiger partial charge in [0.2, 0.25) is 0 Å². The first-order valence-electron chi connectivity index (χ1n) is 4.94. The van der Waals surface area contributed by atoms with Gasteiger partial charge < -0.3 is 4.74 Å². The number of hydrogen-bond donors (Lipinski definition) is 0. The molecule has 0 bridgehead atoms. The quantitative estimate of drug-likeness (QED) is 0.660. The van der Waals surface area contributed by atoms with E-state index in [-0.39, 0.29) is 5.41 Å². The number of ether oxygens (including phenoxy) is 1. The molecule has 76 valence electrons. The maximum absolute atomic E-state index is 5.12. The molecule has 0 saturated carbocycles. The zero-order valence-electron chi connectivity index (χ0n) is 9.21. The van der Waals surface area contributed by atoms with Crippen molar-refractivity contribution >= 4 is 0 Å². The SMILES string of the molecule is C=C[C@@](C)(CC)c1ccc(OC)cc1. The van der Waals surface area contributed by atoms with Crippen molar-refractivity contribution < 1.29 is 4.74 Å². The second-order valence-electron chi connectivity index (χ2n) is 3.70. The molecule has 0 fully saturated rings. The van der Waals surface area contributed by atoms with Gasteiger partial charge in [-0.2, -0.15) is 0 Å². The molecule has 0 radical (unpaired) electrons. The molecule has 0 heterocycles. The highest BCUT2D eigenvalue weighted by Crippen LogP contribution is 2.29. The summed E-state index contributed by atoms with van der Waals surface area (Å²) in [6.07, 6.45) is 3.07. The third-order valence-electron chi connectivity index (χ3n) is 2.93. The molecule has 0 aromatic heterocycles. The minimum Gasteiger partial charge on any atom is -0.497 e. The van der Waals surface area contributed by atoms with Crippen molar-refractivity contribution in [3.63, 3.8) is 0 Å². The van der Waals surface area contributed by atoms with Gasteiger partial charge in [-0.05, 0) is 24.1 Å². The van der Waals surface area contributed by atoms with Crippen molar-refractivity contribution in [1.82, 2.24) is 0 Å². The molecule has 0 N–H and O–H groups in total. The summed E-state index contributed by atoms with van der Waals surface area (Å²) >= 11 is 0. The molecule has 1 atom stereocenters. The molecular weight excluding hydrogens is 172 g/mol. The predicted octanol–water partition coefficient (Wildman–Crippen LogP) is 3.55. The van der Waals surface area contributed by atoms with Crippen LogP contribution in [0.5, 0.6) is 5.75 Å². The summed E-state index contributed by atoms with van der Waals surface area (Å²) in [7, 11) is 1.68. The van der Waals surface area contributed by atoms with E-state index in [4.69, 9.17) is 4.74 Å². The Morgan fingerprint density at radius 2 is 1.93 bits per heavy atom. The number of hydrogen-bond acceptors (Lipinski definition) is 1. The molecule has 0 aliphatic heterocycles. The molecule has 0 aliphatic rings. The number of rotatable bonds is 4. The maximum Gasteiger partial charge on any atom is 0.118 e. The molecule has 0 aliphatic carbocycles. The van der Waals surface area contributed by atoms with Crippen molar-refractivity contribution in [2.24, 2.45) is 0 Å². The van der Waals surface area contributed by atoms with Crippen molar-refractivity contribution in [1.29, 1.82) is 0 Å². The normalized spacial score (nSPS) is 14.5. The zero-order valence-corrected chi connectivity index (χ0v) is 9.21. The molecule has 1 nitrogen and oxygen atoms in total. The molecule has 0 spiro atoms. The summed E-state index contributed by atoms with van der Waals surface area (Å²) in [6.45, 7) is 8.26. The van der Waals surface area contributed by atoms with Gasteiger partial charge in [0.15, 0.2) is 0 Å². The Morgan fingerprint density at radius 1 is 1.36 bits per heavy atom. The summed E-state index contributed by atoms with van der Waals surface area (Å²) in [4.78, 5) is 0. The minimum atomic E-state index is 0.0757. The summed E-state index contributed by atoms with van der Waals surface area (Å²) < 4.78 is 5.12. The van der Waals surface area contributed by atoms with Crippen LogP contribution < -0.4 is 4.74 Å². The fraction of sp³-hybridized carbons (Fsp3) is 0.385. The van der Waals surface area contributed by atoms with Crippen LogP contribution in [0.15, 0.2) is 36.9 Å². The molecule has 0 amide bonds. The van der Waals surface area contributed by atoms with E-state index in [0.29, 0.717) is 0 Å². The van der Waals surface area contributed by atoms with Crippen molar-refractivity contribution in [3.05, 3.63) is 42.5 Å². The maximum atomic E-state index is 5.12. The fourth-order valence-electron chi connectivity index (χ4n) is 1.44. The van der Waals surface area contributed by atoms with Gasteiger partial charge in [0.1, 0.15) is 5.75 Å². The Kier molecular flexibility index (Phi) is 3.34. The van der Waals surface area contributed by atoms with E-state index in [1.807, 2.05) is 18.2 Å². The molecule has 1 aromatic carbocycles. The standard InChI is InChI=1S/C13H18O/c1-5-13(3,6-2)11-7-9-12(14-4)10-8-11/h5,7-10H,1,6H2,2-4H3/t13-/m0/s1. The van der Waals surface area contributed by atoms with Crippen LogP contribution in [0.2, 0.25) is 0 Å². The van der Waals surface area contributed by atoms with Crippen LogP contribution in [0.1, 0.15) is 25.8 Å².